The lowest BCUT2D eigenvalue weighted by molar-refractivity contribution is -0.111. The molecule has 31 heavy (non-hydrogen) atoms. The molecule has 0 atom stereocenters. The largest absolute Gasteiger partial charge is 0.457 e. The maximum Gasteiger partial charge on any atom is 0.248 e. The lowest BCUT2D eigenvalue weighted by atomic mass is 10.2. The van der Waals surface area contributed by atoms with Crippen LogP contribution in [-0.4, -0.2) is 15.7 Å². The highest BCUT2D eigenvalue weighted by Crippen LogP contribution is 2.23. The Balaban J connectivity index is 1.41. The molecule has 154 valence electrons. The van der Waals surface area contributed by atoms with Gasteiger partial charge in [-0.05, 0) is 68.5 Å². The van der Waals surface area contributed by atoms with Crippen molar-refractivity contribution in [1.82, 2.24) is 9.78 Å². The van der Waals surface area contributed by atoms with Gasteiger partial charge in [0.25, 0.3) is 0 Å². The number of hydrogen-bond acceptors (Lipinski definition) is 3. The summed E-state index contributed by atoms with van der Waals surface area (Å²) in [5.41, 5.74) is 4.47. The molecular formula is C26H23N3O2. The summed E-state index contributed by atoms with van der Waals surface area (Å²) in [5, 5.41) is 7.48. The molecule has 5 nitrogen and oxygen atoms in total. The average Bonchev–Trinajstić information content (AvgIpc) is 3.08. The number of carbonyl (C=O) groups is 1. The number of rotatable bonds is 6. The van der Waals surface area contributed by atoms with E-state index in [0.29, 0.717) is 11.4 Å². The van der Waals surface area contributed by atoms with Crippen LogP contribution in [0.5, 0.6) is 11.5 Å². The number of nitrogens with zero attached hydrogens (tertiary/aromatic N) is 2. The standard InChI is InChI=1S/C26H23N3O2/c1-19-25(20(2)29(28-19)22-9-5-3-6-10-22)17-18-26(30)27-21-13-15-24(16-14-21)31-23-11-7-4-8-12-23/h3-18H,1-2H3,(H,27,30)/b18-17+. The molecule has 1 N–H and O–H groups in total. The molecular weight excluding hydrogens is 386 g/mol. The zero-order valence-corrected chi connectivity index (χ0v) is 17.4. The van der Waals surface area contributed by atoms with Crippen molar-refractivity contribution in [3.63, 3.8) is 0 Å². The fourth-order valence-corrected chi connectivity index (χ4v) is 3.29. The van der Waals surface area contributed by atoms with Gasteiger partial charge in [0.15, 0.2) is 0 Å². The second kappa shape index (κ2) is 9.13. The monoisotopic (exact) mass is 409 g/mol. The molecule has 0 unspecified atom stereocenters. The zero-order chi connectivity index (χ0) is 21.6. The zero-order valence-electron chi connectivity index (χ0n) is 17.4. The SMILES string of the molecule is Cc1nn(-c2ccccc2)c(C)c1/C=C/C(=O)Nc1ccc(Oc2ccccc2)cc1. The Morgan fingerprint density at radius 1 is 0.871 bits per heavy atom. The number of para-hydroxylation sites is 2. The van der Waals surface area contributed by atoms with E-state index in [9.17, 15) is 4.79 Å². The first kappa shape index (κ1) is 20.2. The van der Waals surface area contributed by atoms with Crippen LogP contribution in [0.25, 0.3) is 11.8 Å². The number of aromatic nitrogens is 2. The summed E-state index contributed by atoms with van der Waals surface area (Å²) in [6.45, 7) is 3.94. The van der Waals surface area contributed by atoms with E-state index in [1.165, 1.54) is 6.08 Å². The number of benzene rings is 3. The molecule has 0 saturated heterocycles. The van der Waals surface area contributed by atoms with Crippen molar-refractivity contribution in [3.8, 4) is 17.2 Å². The van der Waals surface area contributed by atoms with Crippen LogP contribution >= 0.6 is 0 Å². The van der Waals surface area contributed by atoms with Crippen LogP contribution in [0.4, 0.5) is 5.69 Å². The highest BCUT2D eigenvalue weighted by atomic mass is 16.5. The second-order valence-electron chi connectivity index (χ2n) is 7.09. The van der Waals surface area contributed by atoms with Gasteiger partial charge in [-0.25, -0.2) is 4.68 Å². The van der Waals surface area contributed by atoms with Gasteiger partial charge in [0.05, 0.1) is 11.4 Å². The third-order valence-corrected chi connectivity index (χ3v) is 4.85. The fourth-order valence-electron chi connectivity index (χ4n) is 3.29. The van der Waals surface area contributed by atoms with Crippen LogP contribution < -0.4 is 10.1 Å². The van der Waals surface area contributed by atoms with E-state index in [2.05, 4.69) is 10.4 Å². The van der Waals surface area contributed by atoms with Gasteiger partial charge in [-0.1, -0.05) is 36.4 Å². The van der Waals surface area contributed by atoms with Crippen molar-refractivity contribution in [2.45, 2.75) is 13.8 Å². The molecule has 0 aliphatic rings. The third kappa shape index (κ3) is 4.90. The molecule has 0 radical (unpaired) electrons. The maximum absolute atomic E-state index is 12.4. The second-order valence-corrected chi connectivity index (χ2v) is 7.09. The van der Waals surface area contributed by atoms with E-state index in [1.54, 1.807) is 6.08 Å². The molecule has 3 aromatic carbocycles. The minimum absolute atomic E-state index is 0.206. The molecule has 0 aliphatic heterocycles. The van der Waals surface area contributed by atoms with Gasteiger partial charge < -0.3 is 10.1 Å². The molecule has 0 bridgehead atoms. The number of aryl methyl sites for hydroxylation is 1. The Morgan fingerprint density at radius 2 is 1.48 bits per heavy atom. The molecule has 1 aromatic heterocycles. The van der Waals surface area contributed by atoms with Gasteiger partial charge in [-0.3, -0.25) is 4.79 Å². The van der Waals surface area contributed by atoms with Gasteiger partial charge in [-0.15, -0.1) is 0 Å². The van der Waals surface area contributed by atoms with E-state index in [-0.39, 0.29) is 5.91 Å². The van der Waals surface area contributed by atoms with Crippen molar-refractivity contribution in [1.29, 1.82) is 0 Å². The molecule has 0 aliphatic carbocycles. The van der Waals surface area contributed by atoms with E-state index >= 15 is 0 Å². The van der Waals surface area contributed by atoms with Crippen molar-refractivity contribution < 1.29 is 9.53 Å². The summed E-state index contributed by atoms with van der Waals surface area (Å²) in [5.74, 6) is 1.27. The molecule has 4 rings (SSSR count). The van der Waals surface area contributed by atoms with E-state index in [4.69, 9.17) is 4.74 Å². The molecule has 0 saturated carbocycles. The smallest absolute Gasteiger partial charge is 0.248 e. The summed E-state index contributed by atoms with van der Waals surface area (Å²) in [6.07, 6.45) is 3.33. The molecule has 1 heterocycles. The Kier molecular flexibility index (Phi) is 5.94. The number of carbonyl (C=O) groups excluding carboxylic acids is 1. The van der Waals surface area contributed by atoms with Crippen LogP contribution in [0.1, 0.15) is 17.0 Å². The predicted octanol–water partition coefficient (Wildman–Crippen LogP) is 5.93. The Hall–Kier alpha value is -4.12. The molecule has 5 heteroatoms. The third-order valence-electron chi connectivity index (χ3n) is 4.85. The highest BCUT2D eigenvalue weighted by Gasteiger charge is 2.10. The lowest BCUT2D eigenvalue weighted by Crippen LogP contribution is -2.07. The quantitative estimate of drug-likeness (QED) is 0.401. The first-order valence-electron chi connectivity index (χ1n) is 10.0. The summed E-state index contributed by atoms with van der Waals surface area (Å²) in [4.78, 5) is 12.4. The van der Waals surface area contributed by atoms with E-state index in [0.717, 1.165) is 28.4 Å². The molecule has 0 fully saturated rings. The lowest BCUT2D eigenvalue weighted by Gasteiger charge is -2.07. The van der Waals surface area contributed by atoms with Gasteiger partial charge >= 0.3 is 0 Å². The van der Waals surface area contributed by atoms with Crippen LogP contribution in [-0.2, 0) is 4.79 Å². The van der Waals surface area contributed by atoms with Gasteiger partial charge in [0.2, 0.25) is 5.91 Å². The first-order valence-corrected chi connectivity index (χ1v) is 10.0. The van der Waals surface area contributed by atoms with Gasteiger partial charge in [0.1, 0.15) is 11.5 Å². The first-order chi connectivity index (χ1) is 15.1. The molecule has 4 aromatic rings. The number of anilines is 1. The van der Waals surface area contributed by atoms with Gasteiger partial charge in [0, 0.05) is 23.0 Å². The Bertz CT molecular complexity index is 1190. The van der Waals surface area contributed by atoms with Crippen molar-refractivity contribution in [2.24, 2.45) is 0 Å². The van der Waals surface area contributed by atoms with E-state index < -0.39 is 0 Å². The Morgan fingerprint density at radius 3 is 2.16 bits per heavy atom. The topological polar surface area (TPSA) is 56.2 Å². The number of amides is 1. The van der Waals surface area contributed by atoms with Crippen LogP contribution in [0.15, 0.2) is 91.0 Å². The summed E-state index contributed by atoms with van der Waals surface area (Å²) in [7, 11) is 0. The van der Waals surface area contributed by atoms with Crippen LogP contribution in [0, 0.1) is 13.8 Å². The highest BCUT2D eigenvalue weighted by molar-refractivity contribution is 6.02. The predicted molar refractivity (Wildman–Crippen MR) is 124 cm³/mol. The minimum atomic E-state index is -0.206. The maximum atomic E-state index is 12.4. The average molecular weight is 409 g/mol. The van der Waals surface area contributed by atoms with Crippen LogP contribution in [0.3, 0.4) is 0 Å². The number of ether oxygens (including phenoxy) is 1. The molecule has 1 amide bonds. The van der Waals surface area contributed by atoms with Crippen molar-refractivity contribution in [3.05, 3.63) is 108 Å². The fraction of sp³-hybridized carbons (Fsp3) is 0.0769. The summed E-state index contributed by atoms with van der Waals surface area (Å²) >= 11 is 0. The van der Waals surface area contributed by atoms with Crippen molar-refractivity contribution >= 4 is 17.7 Å². The summed E-state index contributed by atoms with van der Waals surface area (Å²) in [6, 6.07) is 26.8. The van der Waals surface area contributed by atoms with E-state index in [1.807, 2.05) is 103 Å². The minimum Gasteiger partial charge on any atom is -0.457 e. The van der Waals surface area contributed by atoms with Crippen molar-refractivity contribution in [2.75, 3.05) is 5.32 Å². The number of nitrogens with one attached hydrogen (secondary N) is 1. The summed E-state index contributed by atoms with van der Waals surface area (Å²) < 4.78 is 7.66. The van der Waals surface area contributed by atoms with Gasteiger partial charge in [-0.2, -0.15) is 5.10 Å². The number of hydrogen-bond donors (Lipinski definition) is 1. The van der Waals surface area contributed by atoms with Crippen LogP contribution in [0.2, 0.25) is 0 Å². The normalized spacial score (nSPS) is 10.9. The Labute approximate surface area is 181 Å². The molecule has 0 spiro atoms.